The number of alkyl carbamates (subject to hydrolysis) is 1. The fraction of sp³-hybridized carbons (Fsp3) is 0.560. The number of carbonyl (C=O) groups excluding carboxylic acids is 2. The molecule has 0 bridgehead atoms. The Balaban J connectivity index is 2.11. The summed E-state index contributed by atoms with van der Waals surface area (Å²) in [5.41, 5.74) is 1.46. The van der Waals surface area contributed by atoms with Gasteiger partial charge in [0.1, 0.15) is 11.1 Å². The summed E-state index contributed by atoms with van der Waals surface area (Å²) in [7, 11) is 0. The van der Waals surface area contributed by atoms with Crippen LogP contribution in [0.5, 0.6) is 0 Å². The van der Waals surface area contributed by atoms with Crippen LogP contribution < -0.4 is 10.6 Å². The molecule has 3 N–H and O–H groups in total. The number of aryl methyl sites for hydroxylation is 2. The first-order valence-electron chi connectivity index (χ1n) is 11.4. The lowest BCUT2D eigenvalue weighted by atomic mass is 9.97. The maximum Gasteiger partial charge on any atom is 0.408 e. The minimum absolute atomic E-state index is 0.251. The van der Waals surface area contributed by atoms with Crippen molar-refractivity contribution in [1.82, 2.24) is 20.8 Å². The summed E-state index contributed by atoms with van der Waals surface area (Å²) in [5.74, 6) is -0.279. The number of carbonyl (C=O) groups is 2. The molecule has 0 radical (unpaired) electrons. The lowest BCUT2D eigenvalue weighted by Crippen LogP contribution is -2.56. The van der Waals surface area contributed by atoms with E-state index < -0.39 is 17.2 Å². The maximum absolute atomic E-state index is 13.2. The first-order chi connectivity index (χ1) is 15.0. The highest BCUT2D eigenvalue weighted by Gasteiger charge is 2.33. The van der Waals surface area contributed by atoms with Crippen LogP contribution in [0.2, 0.25) is 0 Å². The summed E-state index contributed by atoms with van der Waals surface area (Å²) >= 11 is 0. The number of rotatable bonds is 10. The minimum atomic E-state index is -1.14. The van der Waals surface area contributed by atoms with Gasteiger partial charge in [0.2, 0.25) is 5.91 Å². The molecule has 0 aliphatic rings. The van der Waals surface area contributed by atoms with Gasteiger partial charge in [-0.2, -0.15) is 5.10 Å². The Morgan fingerprint density at radius 1 is 1.09 bits per heavy atom. The second kappa shape index (κ2) is 11.2. The molecule has 0 saturated carbocycles. The van der Waals surface area contributed by atoms with Crippen molar-refractivity contribution in [3.63, 3.8) is 0 Å². The van der Waals surface area contributed by atoms with Gasteiger partial charge in [-0.25, -0.2) is 4.79 Å². The summed E-state index contributed by atoms with van der Waals surface area (Å²) in [6, 6.07) is 10.0. The molecule has 1 unspecified atom stereocenters. The standard InChI is InChI=1S/C25H38N4O3/c1-7-12-19-17-26-29-21(19)20(16-11-15-18-13-9-8-10-14-18)27-22(30)25(5,6)28-23(31)32-24(2,3)4/h8-10,13-14,17,20H,7,11-12,15-16H2,1-6H3,(H,26,29)(H,27,30)(H,28,31). The number of hydrogen-bond acceptors (Lipinski definition) is 4. The number of nitrogens with zero attached hydrogens (tertiary/aromatic N) is 1. The van der Waals surface area contributed by atoms with Gasteiger partial charge in [-0.15, -0.1) is 0 Å². The summed E-state index contributed by atoms with van der Waals surface area (Å²) in [6.07, 6.45) is 5.71. The summed E-state index contributed by atoms with van der Waals surface area (Å²) < 4.78 is 5.32. The Morgan fingerprint density at radius 2 is 1.78 bits per heavy atom. The van der Waals surface area contributed by atoms with Gasteiger partial charge in [-0.3, -0.25) is 9.89 Å². The Kier molecular flexibility index (Phi) is 8.87. The molecule has 1 aromatic heterocycles. The summed E-state index contributed by atoms with van der Waals surface area (Å²) in [6.45, 7) is 10.8. The van der Waals surface area contributed by atoms with Crippen molar-refractivity contribution in [3.8, 4) is 0 Å². The van der Waals surface area contributed by atoms with E-state index in [1.165, 1.54) is 5.56 Å². The molecule has 1 aromatic carbocycles. The molecule has 0 fully saturated rings. The third-order valence-corrected chi connectivity index (χ3v) is 5.09. The van der Waals surface area contributed by atoms with E-state index in [1.54, 1.807) is 34.6 Å². The molecule has 2 aromatic rings. The normalized spacial score (nSPS) is 12.8. The summed E-state index contributed by atoms with van der Waals surface area (Å²) in [4.78, 5) is 25.4. The van der Waals surface area contributed by atoms with E-state index in [4.69, 9.17) is 4.74 Å². The third kappa shape index (κ3) is 8.02. The van der Waals surface area contributed by atoms with Crippen LogP contribution in [0.3, 0.4) is 0 Å². The molecular formula is C25H38N4O3. The largest absolute Gasteiger partial charge is 0.444 e. The van der Waals surface area contributed by atoms with Crippen LogP contribution >= 0.6 is 0 Å². The van der Waals surface area contributed by atoms with Gasteiger partial charge in [0.15, 0.2) is 0 Å². The zero-order chi connectivity index (χ0) is 23.8. The second-order valence-electron chi connectivity index (χ2n) is 9.70. The quantitative estimate of drug-likeness (QED) is 0.490. The van der Waals surface area contributed by atoms with Crippen LogP contribution in [-0.4, -0.2) is 33.3 Å². The van der Waals surface area contributed by atoms with Crippen molar-refractivity contribution in [3.05, 3.63) is 53.3 Å². The Hall–Kier alpha value is -2.83. The van der Waals surface area contributed by atoms with Crippen molar-refractivity contribution >= 4 is 12.0 Å². The highest BCUT2D eigenvalue weighted by molar-refractivity contribution is 5.89. The molecule has 176 valence electrons. The molecule has 7 heteroatoms. The van der Waals surface area contributed by atoms with E-state index in [0.717, 1.165) is 43.4 Å². The lowest BCUT2D eigenvalue weighted by Gasteiger charge is -2.29. The zero-order valence-electron chi connectivity index (χ0n) is 20.2. The fourth-order valence-electron chi connectivity index (χ4n) is 3.48. The van der Waals surface area contributed by atoms with Crippen molar-refractivity contribution in [2.75, 3.05) is 0 Å². The van der Waals surface area contributed by atoms with Crippen LogP contribution in [0.15, 0.2) is 36.5 Å². The highest BCUT2D eigenvalue weighted by atomic mass is 16.6. The van der Waals surface area contributed by atoms with E-state index in [1.807, 2.05) is 24.4 Å². The van der Waals surface area contributed by atoms with E-state index in [0.29, 0.717) is 0 Å². The van der Waals surface area contributed by atoms with Gasteiger partial charge in [0.25, 0.3) is 0 Å². The van der Waals surface area contributed by atoms with Crippen LogP contribution in [-0.2, 0) is 22.4 Å². The molecule has 1 atom stereocenters. The van der Waals surface area contributed by atoms with Crippen molar-refractivity contribution in [2.45, 2.75) is 90.8 Å². The third-order valence-electron chi connectivity index (χ3n) is 5.09. The van der Waals surface area contributed by atoms with Gasteiger partial charge in [0, 0.05) is 6.20 Å². The van der Waals surface area contributed by atoms with Crippen molar-refractivity contribution in [2.24, 2.45) is 0 Å². The predicted molar refractivity (Wildman–Crippen MR) is 126 cm³/mol. The van der Waals surface area contributed by atoms with E-state index in [9.17, 15) is 9.59 Å². The number of nitrogens with one attached hydrogen (secondary N) is 3. The molecule has 0 saturated heterocycles. The Morgan fingerprint density at radius 3 is 2.41 bits per heavy atom. The topological polar surface area (TPSA) is 96.1 Å². The molecule has 0 spiro atoms. The number of hydrogen-bond donors (Lipinski definition) is 3. The van der Waals surface area contributed by atoms with Gasteiger partial charge in [0.05, 0.1) is 11.7 Å². The number of H-pyrrole nitrogens is 1. The number of ether oxygens (including phenoxy) is 1. The maximum atomic E-state index is 13.2. The van der Waals surface area contributed by atoms with Crippen LogP contribution in [0, 0.1) is 0 Å². The van der Waals surface area contributed by atoms with E-state index in [-0.39, 0.29) is 11.9 Å². The molecule has 7 nitrogen and oxygen atoms in total. The van der Waals surface area contributed by atoms with Crippen molar-refractivity contribution in [1.29, 1.82) is 0 Å². The number of benzene rings is 1. The van der Waals surface area contributed by atoms with Crippen LogP contribution in [0.4, 0.5) is 4.79 Å². The average molecular weight is 443 g/mol. The Labute approximate surface area is 191 Å². The number of amides is 2. The molecule has 32 heavy (non-hydrogen) atoms. The van der Waals surface area contributed by atoms with E-state index >= 15 is 0 Å². The van der Waals surface area contributed by atoms with E-state index in [2.05, 4.69) is 39.9 Å². The number of aromatic amines is 1. The molecule has 1 heterocycles. The number of aromatic nitrogens is 2. The molecule has 0 aliphatic heterocycles. The predicted octanol–water partition coefficient (Wildman–Crippen LogP) is 4.85. The monoisotopic (exact) mass is 442 g/mol. The highest BCUT2D eigenvalue weighted by Crippen LogP contribution is 2.23. The molecule has 0 aliphatic carbocycles. The molecular weight excluding hydrogens is 404 g/mol. The van der Waals surface area contributed by atoms with Crippen LogP contribution in [0.1, 0.15) is 83.7 Å². The van der Waals surface area contributed by atoms with Gasteiger partial charge >= 0.3 is 6.09 Å². The van der Waals surface area contributed by atoms with Gasteiger partial charge < -0.3 is 15.4 Å². The smallest absolute Gasteiger partial charge is 0.408 e. The fourth-order valence-corrected chi connectivity index (χ4v) is 3.48. The second-order valence-corrected chi connectivity index (χ2v) is 9.70. The van der Waals surface area contributed by atoms with Crippen molar-refractivity contribution < 1.29 is 14.3 Å². The molecule has 2 amide bonds. The first-order valence-corrected chi connectivity index (χ1v) is 11.4. The zero-order valence-corrected chi connectivity index (χ0v) is 20.2. The van der Waals surface area contributed by atoms with Gasteiger partial charge in [-0.05, 0) is 71.4 Å². The summed E-state index contributed by atoms with van der Waals surface area (Å²) in [5, 5.41) is 13.2. The lowest BCUT2D eigenvalue weighted by molar-refractivity contribution is -0.127. The SMILES string of the molecule is CCCc1c[nH]nc1C(CCCc1ccccc1)NC(=O)C(C)(C)NC(=O)OC(C)(C)C. The molecule has 2 rings (SSSR count). The first kappa shape index (κ1) is 25.4. The van der Waals surface area contributed by atoms with Crippen LogP contribution in [0.25, 0.3) is 0 Å². The van der Waals surface area contributed by atoms with Gasteiger partial charge in [-0.1, -0.05) is 43.7 Å². The Bertz CT molecular complexity index is 869. The average Bonchev–Trinajstić information content (AvgIpc) is 3.14. The minimum Gasteiger partial charge on any atom is -0.444 e.